The van der Waals surface area contributed by atoms with Gasteiger partial charge in [0.05, 0.1) is 19.6 Å². The molecule has 29 heavy (non-hydrogen) atoms. The first-order chi connectivity index (χ1) is 14.2. The molecule has 3 rings (SSSR count). The number of rotatable bonds is 8. The maximum absolute atomic E-state index is 13.0. The maximum Gasteiger partial charge on any atom is 0.239 e. The molecule has 0 saturated heterocycles. The Bertz CT molecular complexity index is 801. The molecule has 1 fully saturated rings. The smallest absolute Gasteiger partial charge is 0.239 e. The summed E-state index contributed by atoms with van der Waals surface area (Å²) in [6.07, 6.45) is 6.17. The van der Waals surface area contributed by atoms with Crippen molar-refractivity contribution in [1.82, 2.24) is 10.6 Å². The van der Waals surface area contributed by atoms with Gasteiger partial charge in [0, 0.05) is 6.04 Å². The number of amides is 2. The zero-order valence-electron chi connectivity index (χ0n) is 17.0. The first kappa shape index (κ1) is 20.9. The van der Waals surface area contributed by atoms with Gasteiger partial charge in [-0.3, -0.25) is 9.59 Å². The summed E-state index contributed by atoms with van der Waals surface area (Å²) in [7, 11) is 1.61. The van der Waals surface area contributed by atoms with E-state index >= 15 is 0 Å². The largest absolute Gasteiger partial charge is 0.497 e. The number of carbonyl (C=O) groups excluding carboxylic acids is 2. The zero-order chi connectivity index (χ0) is 20.5. The third kappa shape index (κ3) is 6.34. The van der Waals surface area contributed by atoms with Crippen molar-refractivity contribution in [2.75, 3.05) is 13.7 Å². The van der Waals surface area contributed by atoms with Crippen LogP contribution in [-0.4, -0.2) is 31.5 Å². The van der Waals surface area contributed by atoms with Gasteiger partial charge in [-0.1, -0.05) is 61.7 Å². The van der Waals surface area contributed by atoms with Crippen molar-refractivity contribution in [2.24, 2.45) is 0 Å². The van der Waals surface area contributed by atoms with Crippen LogP contribution < -0.4 is 15.4 Å². The van der Waals surface area contributed by atoms with Crippen molar-refractivity contribution >= 4 is 11.8 Å². The van der Waals surface area contributed by atoms with E-state index in [1.54, 1.807) is 7.11 Å². The average Bonchev–Trinajstić information content (AvgIpc) is 2.77. The van der Waals surface area contributed by atoms with Crippen molar-refractivity contribution in [1.29, 1.82) is 0 Å². The van der Waals surface area contributed by atoms with E-state index in [1.807, 2.05) is 54.6 Å². The Morgan fingerprint density at radius 1 is 1.03 bits per heavy atom. The summed E-state index contributed by atoms with van der Waals surface area (Å²) in [6.45, 7) is 0.00456. The van der Waals surface area contributed by atoms with Gasteiger partial charge in [-0.2, -0.15) is 0 Å². The molecule has 0 heterocycles. The van der Waals surface area contributed by atoms with Crippen LogP contribution in [0.5, 0.6) is 5.75 Å². The Balaban J connectivity index is 1.65. The number of carbonyl (C=O) groups is 2. The second kappa shape index (κ2) is 10.6. The molecular formula is C24H30N2O3. The number of hydrogen-bond donors (Lipinski definition) is 2. The van der Waals surface area contributed by atoms with E-state index < -0.39 is 5.92 Å². The lowest BCUT2D eigenvalue weighted by atomic mass is 9.91. The van der Waals surface area contributed by atoms with Crippen LogP contribution in [0.15, 0.2) is 54.6 Å². The average molecular weight is 395 g/mol. The van der Waals surface area contributed by atoms with E-state index in [9.17, 15) is 9.59 Å². The van der Waals surface area contributed by atoms with Gasteiger partial charge < -0.3 is 15.4 Å². The fourth-order valence-corrected chi connectivity index (χ4v) is 3.89. The van der Waals surface area contributed by atoms with Crippen molar-refractivity contribution in [2.45, 2.75) is 50.5 Å². The first-order valence-corrected chi connectivity index (χ1v) is 10.4. The van der Waals surface area contributed by atoms with Crippen molar-refractivity contribution in [3.8, 4) is 5.75 Å². The summed E-state index contributed by atoms with van der Waals surface area (Å²) >= 11 is 0. The molecule has 5 heteroatoms. The molecule has 1 aliphatic rings. The van der Waals surface area contributed by atoms with Crippen LogP contribution in [-0.2, 0) is 16.0 Å². The predicted molar refractivity (Wildman–Crippen MR) is 114 cm³/mol. The van der Waals surface area contributed by atoms with Crippen LogP contribution in [0, 0.1) is 0 Å². The van der Waals surface area contributed by atoms with Crippen LogP contribution in [0.2, 0.25) is 0 Å². The van der Waals surface area contributed by atoms with Gasteiger partial charge in [0.1, 0.15) is 5.75 Å². The van der Waals surface area contributed by atoms with Gasteiger partial charge >= 0.3 is 0 Å². The zero-order valence-corrected chi connectivity index (χ0v) is 17.0. The minimum atomic E-state index is -0.394. The molecule has 1 unspecified atom stereocenters. The summed E-state index contributed by atoms with van der Waals surface area (Å²) < 4.78 is 5.32. The van der Waals surface area contributed by atoms with E-state index in [1.165, 1.54) is 6.42 Å². The minimum Gasteiger partial charge on any atom is -0.497 e. The quantitative estimate of drug-likeness (QED) is 0.719. The van der Waals surface area contributed by atoms with Crippen LogP contribution in [0.1, 0.15) is 49.1 Å². The van der Waals surface area contributed by atoms with Gasteiger partial charge in [0.2, 0.25) is 11.8 Å². The van der Waals surface area contributed by atoms with Gasteiger partial charge in [0.15, 0.2) is 0 Å². The van der Waals surface area contributed by atoms with Gasteiger partial charge in [-0.25, -0.2) is 0 Å². The van der Waals surface area contributed by atoms with Gasteiger partial charge in [0.25, 0.3) is 0 Å². The number of hydrogen-bond acceptors (Lipinski definition) is 3. The second-order valence-corrected chi connectivity index (χ2v) is 7.64. The Morgan fingerprint density at radius 2 is 1.79 bits per heavy atom. The molecule has 2 aromatic carbocycles. The third-order valence-electron chi connectivity index (χ3n) is 5.49. The third-order valence-corrected chi connectivity index (χ3v) is 5.49. The number of nitrogens with one attached hydrogen (secondary N) is 2. The van der Waals surface area contributed by atoms with Crippen molar-refractivity contribution in [3.63, 3.8) is 0 Å². The lowest BCUT2D eigenvalue weighted by Gasteiger charge is -2.23. The molecule has 2 amide bonds. The number of ether oxygens (including phenoxy) is 1. The summed E-state index contributed by atoms with van der Waals surface area (Å²) in [6, 6.07) is 17.7. The van der Waals surface area contributed by atoms with Crippen molar-refractivity contribution in [3.05, 3.63) is 65.7 Å². The van der Waals surface area contributed by atoms with Gasteiger partial charge in [-0.15, -0.1) is 0 Å². The highest BCUT2D eigenvalue weighted by Crippen LogP contribution is 2.25. The summed E-state index contributed by atoms with van der Waals surface area (Å²) in [4.78, 5) is 25.3. The number of methoxy groups -OCH3 is 1. The molecule has 5 nitrogen and oxygen atoms in total. The van der Waals surface area contributed by atoms with Crippen LogP contribution in [0.4, 0.5) is 0 Å². The Labute approximate surface area is 172 Å². The molecule has 1 atom stereocenters. The lowest BCUT2D eigenvalue weighted by molar-refractivity contribution is -0.127. The lowest BCUT2D eigenvalue weighted by Crippen LogP contribution is -2.43. The highest BCUT2D eigenvalue weighted by Gasteiger charge is 2.23. The van der Waals surface area contributed by atoms with E-state index in [4.69, 9.17) is 4.74 Å². The first-order valence-electron chi connectivity index (χ1n) is 10.4. The summed E-state index contributed by atoms with van der Waals surface area (Å²) in [5.74, 6) is 0.0497. The van der Waals surface area contributed by atoms with E-state index in [-0.39, 0.29) is 24.4 Å². The van der Waals surface area contributed by atoms with Gasteiger partial charge in [-0.05, 0) is 42.5 Å². The highest BCUT2D eigenvalue weighted by atomic mass is 16.5. The van der Waals surface area contributed by atoms with Crippen molar-refractivity contribution < 1.29 is 14.3 Å². The highest BCUT2D eigenvalue weighted by molar-refractivity contribution is 5.88. The molecule has 0 aliphatic heterocycles. The Hall–Kier alpha value is -2.82. The normalized spacial score (nSPS) is 15.3. The molecule has 0 bridgehead atoms. The van der Waals surface area contributed by atoms with E-state index in [0.717, 1.165) is 36.8 Å². The molecule has 0 radical (unpaired) electrons. The minimum absolute atomic E-state index is 0.00456. The maximum atomic E-state index is 13.0. The predicted octanol–water partition coefficient (Wildman–Crippen LogP) is 3.59. The molecule has 1 saturated carbocycles. The molecule has 0 aromatic heterocycles. The van der Waals surface area contributed by atoms with E-state index in [0.29, 0.717) is 12.2 Å². The fraction of sp³-hybridized carbons (Fsp3) is 0.417. The van der Waals surface area contributed by atoms with Crippen LogP contribution >= 0.6 is 0 Å². The standard InChI is InChI=1S/C24H30N2O3/c1-29-21-14-8-11-19(16-21)22(15-18-9-4-2-5-10-18)24(28)25-17-23(27)26-20-12-6-3-7-13-20/h2,4-5,8-11,14,16,20,22H,3,6-7,12-13,15,17H2,1H3,(H,25,28)(H,26,27). The van der Waals surface area contributed by atoms with E-state index in [2.05, 4.69) is 10.6 Å². The van der Waals surface area contributed by atoms with Crippen LogP contribution in [0.25, 0.3) is 0 Å². The molecular weight excluding hydrogens is 364 g/mol. The second-order valence-electron chi connectivity index (χ2n) is 7.64. The Kier molecular flexibility index (Phi) is 7.68. The molecule has 154 valence electrons. The number of benzene rings is 2. The fourth-order valence-electron chi connectivity index (χ4n) is 3.89. The Morgan fingerprint density at radius 3 is 2.52 bits per heavy atom. The summed E-state index contributed by atoms with van der Waals surface area (Å²) in [5, 5.41) is 5.88. The monoisotopic (exact) mass is 394 g/mol. The molecule has 2 N–H and O–H groups in total. The topological polar surface area (TPSA) is 67.4 Å². The molecule has 0 spiro atoms. The molecule has 1 aliphatic carbocycles. The van der Waals surface area contributed by atoms with Crippen LogP contribution in [0.3, 0.4) is 0 Å². The SMILES string of the molecule is COc1cccc(C(Cc2ccccc2)C(=O)NCC(=O)NC2CCCCC2)c1. The molecule has 2 aromatic rings. The summed E-state index contributed by atoms with van der Waals surface area (Å²) in [5.41, 5.74) is 1.94.